The van der Waals surface area contributed by atoms with E-state index >= 15 is 0 Å². The molecule has 6 heteroatoms. The summed E-state index contributed by atoms with van der Waals surface area (Å²) in [7, 11) is 2.06. The number of hydrogen-bond acceptors (Lipinski definition) is 4. The van der Waals surface area contributed by atoms with Crippen molar-refractivity contribution in [2.75, 3.05) is 41.8 Å². The topological polar surface area (TPSA) is 48.5 Å². The number of carbonyl (C=O) groups excluding carboxylic acids is 1. The molecule has 0 unspecified atom stereocenters. The Hall–Kier alpha value is -2.27. The van der Waals surface area contributed by atoms with Gasteiger partial charge in [-0.15, -0.1) is 0 Å². The Kier molecular flexibility index (Phi) is 4.15. The van der Waals surface area contributed by atoms with Crippen molar-refractivity contribution in [2.45, 2.75) is 0 Å². The predicted molar refractivity (Wildman–Crippen MR) is 89.8 cm³/mol. The molecule has 5 nitrogen and oxygen atoms in total. The molecule has 1 aliphatic rings. The van der Waals surface area contributed by atoms with Crippen molar-refractivity contribution in [1.29, 1.82) is 0 Å². The Labute approximate surface area is 134 Å². The van der Waals surface area contributed by atoms with E-state index in [0.717, 1.165) is 24.5 Å². The number of fused-ring (bicyclic) bond motifs is 1. The molecule has 2 aromatic rings. The highest BCUT2D eigenvalue weighted by molar-refractivity contribution is 6.32. The van der Waals surface area contributed by atoms with E-state index in [0.29, 0.717) is 10.8 Å². The van der Waals surface area contributed by atoms with Gasteiger partial charge in [-0.3, -0.25) is 4.79 Å². The fourth-order valence-electron chi connectivity index (χ4n) is 2.57. The van der Waals surface area contributed by atoms with Crippen LogP contribution >= 0.6 is 11.6 Å². The zero-order valence-corrected chi connectivity index (χ0v) is 13.0. The van der Waals surface area contributed by atoms with Crippen LogP contribution in [0.2, 0.25) is 5.15 Å². The van der Waals surface area contributed by atoms with Crippen LogP contribution in [0.25, 0.3) is 0 Å². The Bertz CT molecular complexity index is 691. The molecule has 0 bridgehead atoms. The summed E-state index contributed by atoms with van der Waals surface area (Å²) in [6.45, 7) is 1.98. The van der Waals surface area contributed by atoms with Crippen LogP contribution in [0.15, 0.2) is 42.6 Å². The van der Waals surface area contributed by atoms with E-state index in [4.69, 9.17) is 11.6 Å². The number of aromatic nitrogens is 1. The summed E-state index contributed by atoms with van der Waals surface area (Å²) in [6.07, 6.45) is 1.59. The molecule has 1 aliphatic heterocycles. The van der Waals surface area contributed by atoms with Crippen LogP contribution in [-0.2, 0) is 4.79 Å². The quantitative estimate of drug-likeness (QED) is 0.884. The van der Waals surface area contributed by atoms with Crippen molar-refractivity contribution in [3.05, 3.63) is 47.7 Å². The maximum absolute atomic E-state index is 12.3. The van der Waals surface area contributed by atoms with Gasteiger partial charge in [-0.25, -0.2) is 4.98 Å². The molecule has 114 valence electrons. The van der Waals surface area contributed by atoms with Crippen molar-refractivity contribution in [1.82, 2.24) is 4.98 Å². The van der Waals surface area contributed by atoms with Crippen LogP contribution in [0.5, 0.6) is 0 Å². The normalized spacial score (nSPS) is 13.7. The maximum atomic E-state index is 12.3. The number of nitrogens with zero attached hydrogens (tertiary/aromatic N) is 3. The lowest BCUT2D eigenvalue weighted by Crippen LogP contribution is -2.42. The Morgan fingerprint density at radius 3 is 2.77 bits per heavy atom. The zero-order valence-electron chi connectivity index (χ0n) is 12.3. The number of hydrogen-bond donors (Lipinski definition) is 1. The lowest BCUT2D eigenvalue weighted by Gasteiger charge is -2.36. The second kappa shape index (κ2) is 6.23. The maximum Gasteiger partial charge on any atom is 0.243 e. The van der Waals surface area contributed by atoms with Crippen LogP contribution in [0.4, 0.5) is 17.1 Å². The third-order valence-electron chi connectivity index (χ3n) is 3.71. The first-order valence-corrected chi connectivity index (χ1v) is 7.48. The summed E-state index contributed by atoms with van der Waals surface area (Å²) in [5.74, 6) is -0.103. The number of carbonyl (C=O) groups is 1. The van der Waals surface area contributed by atoms with Crippen LogP contribution in [0.3, 0.4) is 0 Å². The molecule has 0 fully saturated rings. The third-order valence-corrected chi connectivity index (χ3v) is 4.01. The van der Waals surface area contributed by atoms with E-state index in [-0.39, 0.29) is 12.5 Å². The first kappa shape index (κ1) is 14.7. The summed E-state index contributed by atoms with van der Waals surface area (Å²) in [4.78, 5) is 20.5. The van der Waals surface area contributed by atoms with Crippen molar-refractivity contribution in [3.63, 3.8) is 0 Å². The van der Waals surface area contributed by atoms with Gasteiger partial charge in [-0.1, -0.05) is 23.7 Å². The van der Waals surface area contributed by atoms with E-state index in [1.165, 1.54) is 0 Å². The number of rotatable bonds is 3. The van der Waals surface area contributed by atoms with Gasteiger partial charge in [0.25, 0.3) is 0 Å². The fraction of sp³-hybridized carbons (Fsp3) is 0.250. The van der Waals surface area contributed by atoms with Crippen molar-refractivity contribution < 1.29 is 4.79 Å². The van der Waals surface area contributed by atoms with Crippen LogP contribution in [0, 0.1) is 0 Å². The molecular formula is C16H17ClN4O. The molecular weight excluding hydrogens is 300 g/mol. The minimum absolute atomic E-state index is 0.103. The number of anilines is 3. The molecule has 1 amide bonds. The molecule has 1 aromatic carbocycles. The van der Waals surface area contributed by atoms with Crippen LogP contribution in [-0.4, -0.2) is 37.6 Å². The molecule has 22 heavy (non-hydrogen) atoms. The van der Waals surface area contributed by atoms with E-state index in [1.54, 1.807) is 18.3 Å². The summed E-state index contributed by atoms with van der Waals surface area (Å²) in [6, 6.07) is 11.6. The minimum atomic E-state index is -0.103. The molecule has 3 rings (SSSR count). The van der Waals surface area contributed by atoms with Crippen molar-refractivity contribution in [3.8, 4) is 0 Å². The van der Waals surface area contributed by atoms with E-state index < -0.39 is 0 Å². The molecule has 1 aromatic heterocycles. The van der Waals surface area contributed by atoms with Gasteiger partial charge >= 0.3 is 0 Å². The number of para-hydroxylation sites is 2. The molecule has 0 radical (unpaired) electrons. The van der Waals surface area contributed by atoms with Gasteiger partial charge < -0.3 is 15.1 Å². The minimum Gasteiger partial charge on any atom is -0.371 e. The molecule has 2 heterocycles. The van der Waals surface area contributed by atoms with Gasteiger partial charge in [-0.05, 0) is 24.3 Å². The largest absolute Gasteiger partial charge is 0.371 e. The standard InChI is InChI=1S/C16H17ClN4O/c1-20-9-10-21(14-7-3-2-6-13(14)20)11-15(22)19-12-5-4-8-18-16(12)17/h2-8H,9-11H2,1H3,(H,19,22). The molecule has 0 aliphatic carbocycles. The highest BCUT2D eigenvalue weighted by atomic mass is 35.5. The number of nitrogens with one attached hydrogen (secondary N) is 1. The first-order valence-electron chi connectivity index (χ1n) is 7.10. The van der Waals surface area contributed by atoms with Gasteiger partial charge in [0, 0.05) is 26.3 Å². The monoisotopic (exact) mass is 316 g/mol. The van der Waals surface area contributed by atoms with E-state index in [9.17, 15) is 4.79 Å². The summed E-state index contributed by atoms with van der Waals surface area (Å²) >= 11 is 5.97. The Morgan fingerprint density at radius 1 is 1.23 bits per heavy atom. The number of amides is 1. The second-order valence-electron chi connectivity index (χ2n) is 5.22. The van der Waals surface area contributed by atoms with Crippen LogP contribution in [0.1, 0.15) is 0 Å². The Morgan fingerprint density at radius 2 is 2.00 bits per heavy atom. The third kappa shape index (κ3) is 2.99. The molecule has 0 atom stereocenters. The van der Waals surface area contributed by atoms with Gasteiger partial charge in [0.05, 0.1) is 23.6 Å². The fourth-order valence-corrected chi connectivity index (χ4v) is 2.74. The van der Waals surface area contributed by atoms with Crippen molar-refractivity contribution in [2.24, 2.45) is 0 Å². The Balaban J connectivity index is 1.73. The summed E-state index contributed by atoms with van der Waals surface area (Å²) in [5.41, 5.74) is 2.75. The first-order chi connectivity index (χ1) is 10.6. The SMILES string of the molecule is CN1CCN(CC(=O)Nc2cccnc2Cl)c2ccccc21. The smallest absolute Gasteiger partial charge is 0.243 e. The molecule has 0 saturated carbocycles. The summed E-state index contributed by atoms with van der Waals surface area (Å²) < 4.78 is 0. The second-order valence-corrected chi connectivity index (χ2v) is 5.58. The number of benzene rings is 1. The van der Waals surface area contributed by atoms with Crippen molar-refractivity contribution >= 4 is 34.6 Å². The summed E-state index contributed by atoms with van der Waals surface area (Å²) in [5, 5.41) is 3.11. The molecule has 1 N–H and O–H groups in total. The van der Waals surface area contributed by atoms with Gasteiger partial charge in [0.1, 0.15) is 0 Å². The van der Waals surface area contributed by atoms with Gasteiger partial charge in [0.2, 0.25) is 5.91 Å². The molecule has 0 spiro atoms. The highest BCUT2D eigenvalue weighted by Crippen LogP contribution is 2.31. The van der Waals surface area contributed by atoms with E-state index in [2.05, 4.69) is 33.2 Å². The van der Waals surface area contributed by atoms with Gasteiger partial charge in [-0.2, -0.15) is 0 Å². The van der Waals surface area contributed by atoms with Crippen LogP contribution < -0.4 is 15.1 Å². The number of halogens is 1. The zero-order chi connectivity index (χ0) is 15.5. The van der Waals surface area contributed by atoms with Gasteiger partial charge in [0.15, 0.2) is 5.15 Å². The lowest BCUT2D eigenvalue weighted by molar-refractivity contribution is -0.115. The van der Waals surface area contributed by atoms with E-state index in [1.807, 2.05) is 18.2 Å². The lowest BCUT2D eigenvalue weighted by atomic mass is 10.1. The average molecular weight is 317 g/mol. The number of likely N-dealkylation sites (N-methyl/N-ethyl adjacent to an activating group) is 1. The molecule has 0 saturated heterocycles. The predicted octanol–water partition coefficient (Wildman–Crippen LogP) is 2.63. The number of pyridine rings is 1. The average Bonchev–Trinajstić information content (AvgIpc) is 2.53. The highest BCUT2D eigenvalue weighted by Gasteiger charge is 2.21.